The summed E-state index contributed by atoms with van der Waals surface area (Å²) in [6, 6.07) is 10.5. The summed E-state index contributed by atoms with van der Waals surface area (Å²) >= 11 is 1.49. The summed E-state index contributed by atoms with van der Waals surface area (Å²) in [6.45, 7) is 0. The molecule has 5 aromatic heterocycles. The third kappa shape index (κ3) is 3.65. The number of anilines is 1. The lowest BCUT2D eigenvalue weighted by Crippen LogP contribution is -2.24. The van der Waals surface area contributed by atoms with E-state index in [4.69, 9.17) is 8.94 Å². The fourth-order valence-corrected chi connectivity index (χ4v) is 4.64. The molecule has 0 fully saturated rings. The summed E-state index contributed by atoms with van der Waals surface area (Å²) < 4.78 is 12.2. The van der Waals surface area contributed by atoms with Crippen LogP contribution >= 0.6 is 11.3 Å². The Morgan fingerprint density at radius 3 is 2.88 bits per heavy atom. The topological polar surface area (TPSA) is 132 Å². The summed E-state index contributed by atoms with van der Waals surface area (Å²) in [7, 11) is 0. The van der Waals surface area contributed by atoms with Crippen molar-refractivity contribution >= 4 is 23.1 Å². The third-order valence-electron chi connectivity index (χ3n) is 5.61. The van der Waals surface area contributed by atoms with Gasteiger partial charge in [0.1, 0.15) is 11.5 Å². The first-order valence-electron chi connectivity index (χ1n) is 10.7. The molecule has 2 N–H and O–H groups in total. The van der Waals surface area contributed by atoms with Crippen LogP contribution in [-0.4, -0.2) is 30.8 Å². The number of H-pyrrole nitrogens is 1. The number of fused-ring (bicyclic) bond motifs is 1. The minimum atomic E-state index is -0.487. The van der Waals surface area contributed by atoms with Crippen LogP contribution in [0.25, 0.3) is 28.0 Å². The molecule has 0 atom stereocenters. The van der Waals surface area contributed by atoms with Crippen LogP contribution in [0.15, 0.2) is 61.8 Å². The Kier molecular flexibility index (Phi) is 4.95. The van der Waals surface area contributed by atoms with Gasteiger partial charge in [0.05, 0.1) is 16.8 Å². The molecule has 0 saturated heterocycles. The zero-order valence-electron chi connectivity index (χ0n) is 17.8. The van der Waals surface area contributed by atoms with Crippen molar-refractivity contribution in [2.24, 2.45) is 0 Å². The number of nitrogens with zero attached hydrogens (tertiary/aromatic N) is 4. The molecule has 10 nitrogen and oxygen atoms in total. The quantitative estimate of drug-likeness (QED) is 0.392. The second-order valence-corrected chi connectivity index (χ2v) is 8.78. The zero-order chi connectivity index (χ0) is 23.1. The molecule has 1 aliphatic carbocycles. The molecule has 0 saturated carbocycles. The highest BCUT2D eigenvalue weighted by molar-refractivity contribution is 7.13. The number of aromatic nitrogens is 5. The van der Waals surface area contributed by atoms with Crippen LogP contribution in [-0.2, 0) is 12.8 Å². The van der Waals surface area contributed by atoms with Crippen molar-refractivity contribution in [1.82, 2.24) is 24.9 Å². The predicted octanol–water partition coefficient (Wildman–Crippen LogP) is 4.06. The van der Waals surface area contributed by atoms with Gasteiger partial charge in [-0.25, -0.2) is 4.98 Å². The maximum absolute atomic E-state index is 13.0. The molecule has 5 aromatic rings. The maximum atomic E-state index is 13.0. The summed E-state index contributed by atoms with van der Waals surface area (Å²) in [5, 5.41) is 13.2. The monoisotopic (exact) mass is 474 g/mol. The van der Waals surface area contributed by atoms with Crippen molar-refractivity contribution < 1.29 is 13.7 Å². The van der Waals surface area contributed by atoms with Gasteiger partial charge in [0.25, 0.3) is 11.5 Å². The average Bonchev–Trinajstić information content (AvgIpc) is 3.65. The summed E-state index contributed by atoms with van der Waals surface area (Å²) in [5.74, 6) is 1.05. The Balaban J connectivity index is 1.38. The van der Waals surface area contributed by atoms with Crippen LogP contribution < -0.4 is 10.9 Å². The maximum Gasteiger partial charge on any atom is 0.279 e. The van der Waals surface area contributed by atoms with Crippen LogP contribution in [0.3, 0.4) is 0 Å². The number of carbonyl (C=O) groups is 1. The molecule has 1 amide bonds. The number of aryl methyl sites for hydroxylation is 1. The van der Waals surface area contributed by atoms with Gasteiger partial charge in [0, 0.05) is 17.7 Å². The Hall–Kier alpha value is -4.25. The van der Waals surface area contributed by atoms with E-state index in [0.717, 1.165) is 29.8 Å². The van der Waals surface area contributed by atoms with E-state index >= 15 is 0 Å². The van der Waals surface area contributed by atoms with Crippen molar-refractivity contribution in [3.8, 4) is 28.0 Å². The molecule has 0 aromatic carbocycles. The van der Waals surface area contributed by atoms with Crippen LogP contribution in [0, 0.1) is 0 Å². The Morgan fingerprint density at radius 2 is 2.06 bits per heavy atom. The number of hydrogen-bond acceptors (Lipinski definition) is 8. The van der Waals surface area contributed by atoms with Crippen molar-refractivity contribution in [3.63, 3.8) is 0 Å². The Bertz CT molecular complexity index is 1530. The predicted molar refractivity (Wildman–Crippen MR) is 124 cm³/mol. The second kappa shape index (κ2) is 8.27. The molecule has 0 bridgehead atoms. The van der Waals surface area contributed by atoms with Gasteiger partial charge >= 0.3 is 0 Å². The highest BCUT2D eigenvalue weighted by Crippen LogP contribution is 2.27. The summed E-state index contributed by atoms with van der Waals surface area (Å²) in [6.07, 6.45) is 4.91. The van der Waals surface area contributed by atoms with Crippen molar-refractivity contribution in [1.29, 1.82) is 0 Å². The SMILES string of the molecule is O=C(Nc1cc(-c2ccco2)nn1-c1nc2c(c(=O)[nH]1)CCCC2)c1cc(-c2cccs2)on1. The molecule has 0 spiro atoms. The molecule has 34 heavy (non-hydrogen) atoms. The second-order valence-electron chi connectivity index (χ2n) is 7.83. The first-order chi connectivity index (χ1) is 16.7. The third-order valence-corrected chi connectivity index (χ3v) is 6.50. The first kappa shape index (κ1) is 20.4. The standard InChI is InChI=1S/C23H18N6O4S/c30-21-13-5-1-2-6-14(13)24-23(26-21)29-20(12-15(27-29)17-7-3-9-32-17)25-22(31)16-11-18(33-28-16)19-8-4-10-34-19/h3-4,7-12H,1-2,5-6H2,(H,25,31)(H,24,26,30). The van der Waals surface area contributed by atoms with Gasteiger partial charge in [-0.3, -0.25) is 14.6 Å². The average molecular weight is 475 g/mol. The fourth-order valence-electron chi connectivity index (χ4n) is 3.96. The molecular weight excluding hydrogens is 456 g/mol. The van der Waals surface area contributed by atoms with E-state index in [1.54, 1.807) is 24.3 Å². The molecule has 6 rings (SSSR count). The number of hydrogen-bond donors (Lipinski definition) is 2. The van der Waals surface area contributed by atoms with Gasteiger partial charge in [0.2, 0.25) is 5.95 Å². The number of thiophene rings is 1. The molecule has 0 aliphatic heterocycles. The summed E-state index contributed by atoms with van der Waals surface area (Å²) in [5.41, 5.74) is 1.86. The number of aromatic amines is 1. The molecular formula is C23H18N6O4S. The van der Waals surface area contributed by atoms with Crippen molar-refractivity contribution in [3.05, 3.63) is 75.3 Å². The Morgan fingerprint density at radius 1 is 1.15 bits per heavy atom. The van der Waals surface area contributed by atoms with Gasteiger partial charge in [-0.1, -0.05) is 11.2 Å². The van der Waals surface area contributed by atoms with E-state index in [1.807, 2.05) is 17.5 Å². The lowest BCUT2D eigenvalue weighted by atomic mass is 9.97. The minimum Gasteiger partial charge on any atom is -0.463 e. The van der Waals surface area contributed by atoms with Crippen LogP contribution in [0.1, 0.15) is 34.6 Å². The number of rotatable bonds is 5. The molecule has 5 heterocycles. The molecule has 0 radical (unpaired) electrons. The molecule has 0 unspecified atom stereocenters. The number of amides is 1. The Labute approximate surface area is 196 Å². The van der Waals surface area contributed by atoms with E-state index in [2.05, 4.69) is 25.5 Å². The molecule has 11 heteroatoms. The first-order valence-corrected chi connectivity index (χ1v) is 11.6. The van der Waals surface area contributed by atoms with Crippen LogP contribution in [0.5, 0.6) is 0 Å². The molecule has 1 aliphatic rings. The zero-order valence-corrected chi connectivity index (χ0v) is 18.6. The van der Waals surface area contributed by atoms with Gasteiger partial charge in [-0.15, -0.1) is 11.3 Å². The van der Waals surface area contributed by atoms with E-state index in [-0.39, 0.29) is 17.2 Å². The van der Waals surface area contributed by atoms with E-state index in [0.29, 0.717) is 35.0 Å². The van der Waals surface area contributed by atoms with E-state index < -0.39 is 5.91 Å². The number of carbonyl (C=O) groups excluding carboxylic acids is 1. The van der Waals surface area contributed by atoms with Gasteiger partial charge in [-0.05, 0) is 49.3 Å². The lowest BCUT2D eigenvalue weighted by Gasteiger charge is -2.15. The number of furan rings is 1. The summed E-state index contributed by atoms with van der Waals surface area (Å²) in [4.78, 5) is 34.0. The van der Waals surface area contributed by atoms with Crippen LogP contribution in [0.2, 0.25) is 0 Å². The largest absolute Gasteiger partial charge is 0.463 e. The smallest absolute Gasteiger partial charge is 0.279 e. The van der Waals surface area contributed by atoms with Crippen molar-refractivity contribution in [2.45, 2.75) is 25.7 Å². The number of nitrogens with one attached hydrogen (secondary N) is 2. The van der Waals surface area contributed by atoms with E-state index in [1.165, 1.54) is 22.3 Å². The molecule has 170 valence electrons. The highest BCUT2D eigenvalue weighted by Gasteiger charge is 2.22. The van der Waals surface area contributed by atoms with Crippen molar-refractivity contribution in [2.75, 3.05) is 5.32 Å². The highest BCUT2D eigenvalue weighted by atomic mass is 32.1. The van der Waals surface area contributed by atoms with Gasteiger partial charge in [0.15, 0.2) is 17.2 Å². The van der Waals surface area contributed by atoms with Crippen LogP contribution in [0.4, 0.5) is 5.82 Å². The normalized spacial score (nSPS) is 13.1. The van der Waals surface area contributed by atoms with E-state index in [9.17, 15) is 9.59 Å². The van der Waals surface area contributed by atoms with Gasteiger partial charge in [-0.2, -0.15) is 9.78 Å². The lowest BCUT2D eigenvalue weighted by molar-refractivity contribution is 0.101. The van der Waals surface area contributed by atoms with Gasteiger partial charge < -0.3 is 14.3 Å². The fraction of sp³-hybridized carbons (Fsp3) is 0.174. The minimum absolute atomic E-state index is 0.114.